The Bertz CT molecular complexity index is 264. The summed E-state index contributed by atoms with van der Waals surface area (Å²) < 4.78 is 0. The first-order valence-electron chi connectivity index (χ1n) is 6.38. The van der Waals surface area contributed by atoms with Gasteiger partial charge in [-0.15, -0.1) is 0 Å². The van der Waals surface area contributed by atoms with Crippen molar-refractivity contribution >= 4 is 12.0 Å². The number of amides is 2. The summed E-state index contributed by atoms with van der Waals surface area (Å²) in [5, 5.41) is 14.3. The molecule has 1 rings (SSSR count). The molecule has 2 amide bonds. The highest BCUT2D eigenvalue weighted by Crippen LogP contribution is 2.24. The first-order chi connectivity index (χ1) is 8.13. The second kappa shape index (κ2) is 7.14. The zero-order valence-corrected chi connectivity index (χ0v) is 10.4. The van der Waals surface area contributed by atoms with Crippen LogP contribution < -0.4 is 10.6 Å². The lowest BCUT2D eigenvalue weighted by molar-refractivity contribution is -0.141. The van der Waals surface area contributed by atoms with Crippen LogP contribution in [-0.2, 0) is 4.79 Å². The van der Waals surface area contributed by atoms with E-state index < -0.39 is 11.9 Å². The third kappa shape index (κ3) is 5.06. The number of carboxylic acid groups (broad SMARTS) is 1. The van der Waals surface area contributed by atoms with Crippen LogP contribution in [0.5, 0.6) is 0 Å². The summed E-state index contributed by atoms with van der Waals surface area (Å²) in [4.78, 5) is 22.3. The maximum Gasteiger partial charge on any atom is 0.314 e. The molecule has 1 atom stereocenters. The van der Waals surface area contributed by atoms with E-state index in [9.17, 15) is 9.59 Å². The van der Waals surface area contributed by atoms with Crippen LogP contribution in [0.25, 0.3) is 0 Å². The smallest absolute Gasteiger partial charge is 0.314 e. The third-order valence-corrected chi connectivity index (χ3v) is 3.27. The molecule has 0 aromatic carbocycles. The summed E-state index contributed by atoms with van der Waals surface area (Å²) in [6.45, 7) is 2.85. The second-order valence-electron chi connectivity index (χ2n) is 4.71. The molecule has 0 aromatic rings. The third-order valence-electron chi connectivity index (χ3n) is 3.27. The van der Waals surface area contributed by atoms with E-state index in [1.54, 1.807) is 0 Å². The molecule has 1 aliphatic carbocycles. The molecule has 0 heterocycles. The molecular formula is C12H22N2O3. The maximum atomic E-state index is 11.4. The molecule has 0 saturated heterocycles. The van der Waals surface area contributed by atoms with Gasteiger partial charge < -0.3 is 15.7 Å². The van der Waals surface area contributed by atoms with Gasteiger partial charge in [-0.05, 0) is 25.2 Å². The van der Waals surface area contributed by atoms with Crippen molar-refractivity contribution in [2.75, 3.05) is 13.1 Å². The van der Waals surface area contributed by atoms with Gasteiger partial charge in [0.25, 0.3) is 0 Å². The number of carbonyl (C=O) groups is 2. The fourth-order valence-electron chi connectivity index (χ4n) is 1.87. The van der Waals surface area contributed by atoms with Crippen LogP contribution in [0.2, 0.25) is 0 Å². The van der Waals surface area contributed by atoms with Crippen molar-refractivity contribution in [3.05, 3.63) is 0 Å². The van der Waals surface area contributed by atoms with E-state index in [0.717, 1.165) is 6.42 Å². The van der Waals surface area contributed by atoms with Crippen LogP contribution in [-0.4, -0.2) is 30.2 Å². The first kappa shape index (κ1) is 13.8. The van der Waals surface area contributed by atoms with Gasteiger partial charge in [-0.2, -0.15) is 0 Å². The Labute approximate surface area is 102 Å². The van der Waals surface area contributed by atoms with Crippen LogP contribution in [0.1, 0.15) is 39.0 Å². The molecule has 1 unspecified atom stereocenters. The van der Waals surface area contributed by atoms with Crippen LogP contribution in [0, 0.1) is 11.8 Å². The summed E-state index contributed by atoms with van der Waals surface area (Å²) in [6, 6.07) is -0.251. The van der Waals surface area contributed by atoms with Crippen molar-refractivity contribution in [2.45, 2.75) is 39.0 Å². The van der Waals surface area contributed by atoms with Crippen molar-refractivity contribution in [1.29, 1.82) is 0 Å². The molecule has 0 aliphatic heterocycles. The molecule has 0 spiro atoms. The minimum atomic E-state index is -0.842. The number of carbonyl (C=O) groups excluding carboxylic acids is 1. The second-order valence-corrected chi connectivity index (χ2v) is 4.71. The normalized spacial score (nSPS) is 17.0. The average molecular weight is 242 g/mol. The molecule has 0 bridgehead atoms. The van der Waals surface area contributed by atoms with Crippen LogP contribution >= 0.6 is 0 Å². The Morgan fingerprint density at radius 2 is 2.06 bits per heavy atom. The Morgan fingerprint density at radius 1 is 1.35 bits per heavy atom. The number of carboxylic acids is 1. The number of aliphatic carboxylic acids is 1. The van der Waals surface area contributed by atoms with Gasteiger partial charge >= 0.3 is 12.0 Å². The fourth-order valence-corrected chi connectivity index (χ4v) is 1.87. The summed E-state index contributed by atoms with van der Waals surface area (Å²) in [7, 11) is 0. The van der Waals surface area contributed by atoms with E-state index >= 15 is 0 Å². The van der Waals surface area contributed by atoms with Gasteiger partial charge in [-0.1, -0.05) is 19.8 Å². The van der Waals surface area contributed by atoms with Gasteiger partial charge in [0.15, 0.2) is 0 Å². The quantitative estimate of drug-likeness (QED) is 0.634. The number of hydrogen-bond donors (Lipinski definition) is 3. The van der Waals surface area contributed by atoms with Gasteiger partial charge in [0.05, 0.1) is 5.92 Å². The molecule has 0 aromatic heterocycles. The monoisotopic (exact) mass is 242 g/mol. The van der Waals surface area contributed by atoms with Crippen LogP contribution in [0.4, 0.5) is 4.79 Å². The standard InChI is InChI=1S/C12H22N2O3/c1-2-4-10(11(15)16)8-14-12(17)13-7-9-5-3-6-9/h9-10H,2-8H2,1H3,(H,15,16)(H2,13,14,17). The van der Waals surface area contributed by atoms with Gasteiger partial charge in [0, 0.05) is 13.1 Å². The number of hydrogen-bond acceptors (Lipinski definition) is 2. The van der Waals surface area contributed by atoms with Crippen molar-refractivity contribution in [1.82, 2.24) is 10.6 Å². The minimum absolute atomic E-state index is 0.208. The summed E-state index contributed by atoms with van der Waals surface area (Å²) in [6.07, 6.45) is 5.04. The highest BCUT2D eigenvalue weighted by molar-refractivity contribution is 5.75. The molecule has 5 heteroatoms. The molecule has 1 saturated carbocycles. The van der Waals surface area contributed by atoms with Crippen molar-refractivity contribution in [2.24, 2.45) is 11.8 Å². The lowest BCUT2D eigenvalue weighted by Crippen LogP contribution is -2.42. The summed E-state index contributed by atoms with van der Waals surface area (Å²) >= 11 is 0. The predicted octanol–water partition coefficient (Wildman–Crippen LogP) is 1.59. The number of urea groups is 1. The topological polar surface area (TPSA) is 78.4 Å². The van der Waals surface area contributed by atoms with Crippen molar-refractivity contribution in [3.8, 4) is 0 Å². The molecule has 5 nitrogen and oxygen atoms in total. The maximum absolute atomic E-state index is 11.4. The van der Waals surface area contributed by atoms with Gasteiger partial charge in [0.1, 0.15) is 0 Å². The van der Waals surface area contributed by atoms with E-state index in [2.05, 4.69) is 10.6 Å². The highest BCUT2D eigenvalue weighted by atomic mass is 16.4. The van der Waals surface area contributed by atoms with Crippen molar-refractivity contribution < 1.29 is 14.7 Å². The van der Waals surface area contributed by atoms with E-state index in [-0.39, 0.29) is 12.6 Å². The Balaban J connectivity index is 2.13. The Hall–Kier alpha value is -1.26. The minimum Gasteiger partial charge on any atom is -0.481 e. The SMILES string of the molecule is CCCC(CNC(=O)NCC1CCC1)C(=O)O. The lowest BCUT2D eigenvalue weighted by Gasteiger charge is -2.25. The van der Waals surface area contributed by atoms with Crippen LogP contribution in [0.15, 0.2) is 0 Å². The average Bonchev–Trinajstić information content (AvgIpc) is 2.21. The molecule has 17 heavy (non-hydrogen) atoms. The molecule has 1 fully saturated rings. The Morgan fingerprint density at radius 3 is 2.53 bits per heavy atom. The highest BCUT2D eigenvalue weighted by Gasteiger charge is 2.19. The van der Waals surface area contributed by atoms with Gasteiger partial charge in [-0.25, -0.2) is 4.79 Å². The zero-order chi connectivity index (χ0) is 12.7. The largest absolute Gasteiger partial charge is 0.481 e. The van der Waals surface area contributed by atoms with Crippen molar-refractivity contribution in [3.63, 3.8) is 0 Å². The first-order valence-corrected chi connectivity index (χ1v) is 6.38. The molecular weight excluding hydrogens is 220 g/mol. The number of nitrogens with one attached hydrogen (secondary N) is 2. The van der Waals surface area contributed by atoms with E-state index in [1.807, 2.05) is 6.92 Å². The fraction of sp³-hybridized carbons (Fsp3) is 0.833. The number of rotatable bonds is 7. The molecule has 0 radical (unpaired) electrons. The molecule has 3 N–H and O–H groups in total. The summed E-state index contributed by atoms with van der Waals surface area (Å²) in [5.74, 6) is -0.702. The predicted molar refractivity (Wildman–Crippen MR) is 64.8 cm³/mol. The van der Waals surface area contributed by atoms with Crippen LogP contribution in [0.3, 0.4) is 0 Å². The van der Waals surface area contributed by atoms with Gasteiger partial charge in [-0.3, -0.25) is 4.79 Å². The molecule has 1 aliphatic rings. The van der Waals surface area contributed by atoms with E-state index in [4.69, 9.17) is 5.11 Å². The lowest BCUT2D eigenvalue weighted by atomic mass is 9.85. The molecule has 98 valence electrons. The zero-order valence-electron chi connectivity index (χ0n) is 10.4. The Kier molecular flexibility index (Phi) is 5.80. The van der Waals surface area contributed by atoms with E-state index in [1.165, 1.54) is 19.3 Å². The summed E-state index contributed by atoms with van der Waals surface area (Å²) in [5.41, 5.74) is 0. The van der Waals surface area contributed by atoms with Gasteiger partial charge in [0.2, 0.25) is 0 Å². The van der Waals surface area contributed by atoms with E-state index in [0.29, 0.717) is 18.9 Å².